The lowest BCUT2D eigenvalue weighted by molar-refractivity contribution is 0.0332. The monoisotopic (exact) mass is 360 g/mol. The summed E-state index contributed by atoms with van der Waals surface area (Å²) in [6.45, 7) is 5.55. The summed E-state index contributed by atoms with van der Waals surface area (Å²) in [5.74, 6) is -2.43. The molecule has 1 saturated heterocycles. The van der Waals surface area contributed by atoms with Gasteiger partial charge in [0.2, 0.25) is 0 Å². The Morgan fingerprint density at radius 2 is 1.81 bits per heavy atom. The van der Waals surface area contributed by atoms with E-state index < -0.39 is 17.5 Å². The van der Waals surface area contributed by atoms with Crippen molar-refractivity contribution < 1.29 is 18.3 Å². The molecule has 1 unspecified atom stereocenters. The fourth-order valence-electron chi connectivity index (χ4n) is 2.95. The molecule has 26 heavy (non-hydrogen) atoms. The molecule has 4 nitrogen and oxygen atoms in total. The highest BCUT2D eigenvalue weighted by Crippen LogP contribution is 2.18. The molecule has 138 valence electrons. The van der Waals surface area contributed by atoms with Crippen LogP contribution in [-0.2, 0) is 4.74 Å². The lowest BCUT2D eigenvalue weighted by Gasteiger charge is -2.31. The molecule has 1 atom stereocenters. The van der Waals surface area contributed by atoms with Crippen LogP contribution in [0.1, 0.15) is 27.5 Å². The maximum absolute atomic E-state index is 13.4. The Bertz CT molecular complexity index is 759. The predicted molar refractivity (Wildman–Crippen MR) is 95.0 cm³/mol. The van der Waals surface area contributed by atoms with E-state index in [9.17, 15) is 13.6 Å². The molecule has 0 bridgehead atoms. The first-order valence-corrected chi connectivity index (χ1v) is 8.65. The van der Waals surface area contributed by atoms with E-state index in [1.807, 2.05) is 31.2 Å². The van der Waals surface area contributed by atoms with Crippen molar-refractivity contribution in [3.8, 4) is 0 Å². The number of aryl methyl sites for hydroxylation is 1. The van der Waals surface area contributed by atoms with Gasteiger partial charge in [0.1, 0.15) is 0 Å². The number of hydrogen-bond acceptors (Lipinski definition) is 3. The fraction of sp³-hybridized carbons (Fsp3) is 0.350. The summed E-state index contributed by atoms with van der Waals surface area (Å²) >= 11 is 0. The van der Waals surface area contributed by atoms with E-state index in [0.29, 0.717) is 19.8 Å². The Morgan fingerprint density at radius 1 is 1.12 bits per heavy atom. The number of carbonyl (C=O) groups excluding carboxylic acids is 1. The smallest absolute Gasteiger partial charge is 0.251 e. The maximum atomic E-state index is 13.4. The van der Waals surface area contributed by atoms with Crippen LogP contribution in [0.3, 0.4) is 0 Å². The first-order chi connectivity index (χ1) is 12.5. The molecule has 2 aromatic carbocycles. The van der Waals surface area contributed by atoms with Gasteiger partial charge in [-0.05, 0) is 30.7 Å². The average Bonchev–Trinajstić information content (AvgIpc) is 2.65. The lowest BCUT2D eigenvalue weighted by Crippen LogP contribution is -2.43. The minimum absolute atomic E-state index is 0.1000. The second-order valence-corrected chi connectivity index (χ2v) is 6.48. The largest absolute Gasteiger partial charge is 0.379 e. The standard InChI is InChI=1S/C20H22F2N2O2/c1-14-2-4-15(5-3-14)19(13-24-8-10-26-11-9-24)23-20(25)16-6-7-17(21)18(22)12-16/h2-7,12,19H,8-11,13H2,1H3,(H,23,25). The van der Waals surface area contributed by atoms with Gasteiger partial charge in [-0.15, -0.1) is 0 Å². The molecule has 1 fully saturated rings. The number of carbonyl (C=O) groups is 1. The second kappa shape index (κ2) is 8.38. The van der Waals surface area contributed by atoms with Gasteiger partial charge in [-0.3, -0.25) is 9.69 Å². The van der Waals surface area contributed by atoms with Gasteiger partial charge in [0.15, 0.2) is 11.6 Å². The lowest BCUT2D eigenvalue weighted by atomic mass is 10.0. The summed E-state index contributed by atoms with van der Waals surface area (Å²) in [7, 11) is 0. The van der Waals surface area contributed by atoms with E-state index in [4.69, 9.17) is 4.74 Å². The molecule has 1 aliphatic rings. The highest BCUT2D eigenvalue weighted by Gasteiger charge is 2.21. The van der Waals surface area contributed by atoms with Crippen molar-refractivity contribution >= 4 is 5.91 Å². The van der Waals surface area contributed by atoms with Crippen LogP contribution < -0.4 is 5.32 Å². The number of rotatable bonds is 5. The molecule has 0 radical (unpaired) electrons. The number of halogens is 2. The Hall–Kier alpha value is -2.31. The van der Waals surface area contributed by atoms with Crippen LogP contribution in [-0.4, -0.2) is 43.7 Å². The van der Waals surface area contributed by atoms with Crippen molar-refractivity contribution in [1.82, 2.24) is 10.2 Å². The number of ether oxygens (including phenoxy) is 1. The van der Waals surface area contributed by atoms with Crippen LogP contribution >= 0.6 is 0 Å². The van der Waals surface area contributed by atoms with Crippen LogP contribution in [0.25, 0.3) is 0 Å². The third-order valence-electron chi connectivity index (χ3n) is 4.51. The van der Waals surface area contributed by atoms with Crippen molar-refractivity contribution in [3.63, 3.8) is 0 Å². The van der Waals surface area contributed by atoms with Crippen LogP contribution in [0.5, 0.6) is 0 Å². The molecule has 3 rings (SSSR count). The molecule has 2 aromatic rings. The van der Waals surface area contributed by atoms with Gasteiger partial charge in [0.05, 0.1) is 19.3 Å². The zero-order chi connectivity index (χ0) is 18.5. The fourth-order valence-corrected chi connectivity index (χ4v) is 2.95. The minimum atomic E-state index is -1.03. The maximum Gasteiger partial charge on any atom is 0.251 e. The molecule has 0 aliphatic carbocycles. The van der Waals surface area contributed by atoms with Gasteiger partial charge in [-0.1, -0.05) is 29.8 Å². The number of nitrogens with zero attached hydrogens (tertiary/aromatic N) is 1. The van der Waals surface area contributed by atoms with E-state index in [1.54, 1.807) is 0 Å². The Morgan fingerprint density at radius 3 is 2.46 bits per heavy atom. The SMILES string of the molecule is Cc1ccc(C(CN2CCOCC2)NC(=O)c2ccc(F)c(F)c2)cc1. The highest BCUT2D eigenvalue weighted by atomic mass is 19.2. The van der Waals surface area contributed by atoms with E-state index in [1.165, 1.54) is 6.07 Å². The van der Waals surface area contributed by atoms with Crippen molar-refractivity contribution in [2.45, 2.75) is 13.0 Å². The molecule has 1 heterocycles. The predicted octanol–water partition coefficient (Wildman–Crippen LogP) is 3.08. The average molecular weight is 360 g/mol. The number of benzene rings is 2. The Balaban J connectivity index is 1.78. The van der Waals surface area contributed by atoms with E-state index in [0.717, 1.165) is 36.3 Å². The number of nitrogens with one attached hydrogen (secondary N) is 1. The Kier molecular flexibility index (Phi) is 5.96. The number of morpholine rings is 1. The zero-order valence-corrected chi connectivity index (χ0v) is 14.7. The van der Waals surface area contributed by atoms with Crippen molar-refractivity contribution in [1.29, 1.82) is 0 Å². The zero-order valence-electron chi connectivity index (χ0n) is 14.7. The van der Waals surface area contributed by atoms with Gasteiger partial charge in [-0.25, -0.2) is 8.78 Å². The molecule has 1 amide bonds. The summed E-state index contributed by atoms with van der Waals surface area (Å²) in [4.78, 5) is 14.8. The van der Waals surface area contributed by atoms with Gasteiger partial charge in [-0.2, -0.15) is 0 Å². The topological polar surface area (TPSA) is 41.6 Å². The van der Waals surface area contributed by atoms with Gasteiger partial charge in [0, 0.05) is 25.2 Å². The van der Waals surface area contributed by atoms with Crippen molar-refractivity contribution in [2.75, 3.05) is 32.8 Å². The molecule has 0 aromatic heterocycles. The normalized spacial score (nSPS) is 16.3. The van der Waals surface area contributed by atoms with E-state index in [2.05, 4.69) is 10.2 Å². The molecular formula is C20H22F2N2O2. The van der Waals surface area contributed by atoms with E-state index >= 15 is 0 Å². The van der Waals surface area contributed by atoms with Crippen LogP contribution in [0, 0.1) is 18.6 Å². The summed E-state index contributed by atoms with van der Waals surface area (Å²) in [6, 6.07) is 10.9. The molecule has 1 N–H and O–H groups in total. The number of hydrogen-bond donors (Lipinski definition) is 1. The minimum Gasteiger partial charge on any atom is -0.379 e. The molecule has 1 aliphatic heterocycles. The molecule has 6 heteroatoms. The third-order valence-corrected chi connectivity index (χ3v) is 4.51. The van der Waals surface area contributed by atoms with E-state index in [-0.39, 0.29) is 11.6 Å². The van der Waals surface area contributed by atoms with Gasteiger partial charge >= 0.3 is 0 Å². The molecule has 0 spiro atoms. The molecule has 0 saturated carbocycles. The molecular weight excluding hydrogens is 338 g/mol. The number of amides is 1. The summed E-state index contributed by atoms with van der Waals surface area (Å²) < 4.78 is 31.9. The summed E-state index contributed by atoms with van der Waals surface area (Å²) in [5, 5.41) is 2.95. The highest BCUT2D eigenvalue weighted by molar-refractivity contribution is 5.94. The van der Waals surface area contributed by atoms with Crippen molar-refractivity contribution in [3.05, 3.63) is 70.8 Å². The first kappa shape index (κ1) is 18.5. The second-order valence-electron chi connectivity index (χ2n) is 6.48. The third kappa shape index (κ3) is 4.65. The summed E-state index contributed by atoms with van der Waals surface area (Å²) in [5.41, 5.74) is 2.20. The van der Waals surface area contributed by atoms with Crippen LogP contribution in [0.15, 0.2) is 42.5 Å². The first-order valence-electron chi connectivity index (χ1n) is 8.65. The van der Waals surface area contributed by atoms with Gasteiger partial charge in [0.25, 0.3) is 5.91 Å². The quantitative estimate of drug-likeness (QED) is 0.891. The van der Waals surface area contributed by atoms with Crippen molar-refractivity contribution in [2.24, 2.45) is 0 Å². The van der Waals surface area contributed by atoms with Crippen LogP contribution in [0.4, 0.5) is 8.78 Å². The Labute approximate surface area is 151 Å². The summed E-state index contributed by atoms with van der Waals surface area (Å²) in [6.07, 6.45) is 0. The van der Waals surface area contributed by atoms with Crippen LogP contribution in [0.2, 0.25) is 0 Å². The van der Waals surface area contributed by atoms with Gasteiger partial charge < -0.3 is 10.1 Å².